The molecule has 3 N–H and O–H groups in total. The van der Waals surface area contributed by atoms with E-state index in [0.29, 0.717) is 17.6 Å². The summed E-state index contributed by atoms with van der Waals surface area (Å²) in [7, 11) is -4.27. The number of imidazole rings is 1. The summed E-state index contributed by atoms with van der Waals surface area (Å²) in [5.74, 6) is 0.219. The van der Waals surface area contributed by atoms with Gasteiger partial charge in [-0.3, -0.25) is 5.32 Å². The van der Waals surface area contributed by atoms with E-state index in [9.17, 15) is 13.2 Å². The number of benzene rings is 3. The van der Waals surface area contributed by atoms with Crippen LogP contribution in [0, 0.1) is 0 Å². The molecule has 4 aromatic rings. The highest BCUT2D eigenvalue weighted by atomic mass is 35.5. The number of fused-ring (bicyclic) bond motifs is 1. The van der Waals surface area contributed by atoms with Crippen LogP contribution in [0.2, 0.25) is 10.0 Å². The van der Waals surface area contributed by atoms with Crippen molar-refractivity contribution in [3.05, 3.63) is 82.3 Å². The van der Waals surface area contributed by atoms with Gasteiger partial charge in [0, 0.05) is 12.6 Å². The molecule has 0 radical (unpaired) electrons. The predicted octanol–water partition coefficient (Wildman–Crippen LogP) is 4.96. The van der Waals surface area contributed by atoms with Gasteiger partial charge in [-0.25, -0.2) is 9.78 Å². The van der Waals surface area contributed by atoms with E-state index in [0.717, 1.165) is 5.56 Å². The summed E-state index contributed by atoms with van der Waals surface area (Å²) >= 11 is 12.0. The summed E-state index contributed by atoms with van der Waals surface area (Å²) in [6.45, 7) is 0.355. The van der Waals surface area contributed by atoms with Gasteiger partial charge in [-0.1, -0.05) is 59.6 Å². The smallest absolute Gasteiger partial charge is 0.342 e. The van der Waals surface area contributed by atoms with E-state index in [1.54, 1.807) is 6.07 Å². The SMILES string of the molecule is O=C(NCc1ccccc1)Nc1nc2ccc(OS(=O)(=O)c3c(Cl)cccc3Cl)cc2[nH]1. The van der Waals surface area contributed by atoms with Crippen LogP contribution in [0.1, 0.15) is 5.56 Å². The Hall–Kier alpha value is -3.27. The summed E-state index contributed by atoms with van der Waals surface area (Å²) in [5, 5.41) is 5.23. The lowest BCUT2D eigenvalue weighted by Gasteiger charge is -2.09. The zero-order valence-corrected chi connectivity index (χ0v) is 18.6. The number of amides is 2. The van der Waals surface area contributed by atoms with Gasteiger partial charge in [-0.15, -0.1) is 0 Å². The fourth-order valence-corrected chi connectivity index (χ4v) is 4.94. The highest BCUT2D eigenvalue weighted by molar-refractivity contribution is 7.87. The fraction of sp³-hybridized carbons (Fsp3) is 0.0476. The van der Waals surface area contributed by atoms with Crippen molar-refractivity contribution in [3.8, 4) is 5.75 Å². The lowest BCUT2D eigenvalue weighted by atomic mass is 10.2. The van der Waals surface area contributed by atoms with E-state index in [1.807, 2.05) is 30.3 Å². The van der Waals surface area contributed by atoms with Crippen LogP contribution >= 0.6 is 23.2 Å². The van der Waals surface area contributed by atoms with Crippen molar-refractivity contribution >= 4 is 56.3 Å². The Morgan fingerprint density at radius 3 is 2.44 bits per heavy atom. The van der Waals surface area contributed by atoms with Crippen LogP contribution in [0.5, 0.6) is 5.75 Å². The summed E-state index contributed by atoms with van der Waals surface area (Å²) in [6, 6.07) is 17.8. The second-order valence-corrected chi connectivity index (χ2v) is 8.94. The second kappa shape index (κ2) is 9.07. The number of anilines is 1. The van der Waals surface area contributed by atoms with Crippen molar-refractivity contribution in [1.82, 2.24) is 15.3 Å². The van der Waals surface area contributed by atoms with Crippen LogP contribution in [-0.2, 0) is 16.7 Å². The standard InChI is InChI=1S/C21H16Cl2N4O4S/c22-15-7-4-8-16(23)19(15)32(29,30)31-14-9-10-17-18(11-14)26-20(25-17)27-21(28)24-12-13-5-2-1-3-6-13/h1-11H,12H2,(H3,24,25,26,27,28). The number of H-pyrrole nitrogens is 1. The third-order valence-corrected chi connectivity index (χ3v) is 6.56. The summed E-state index contributed by atoms with van der Waals surface area (Å²) in [5.41, 5.74) is 1.92. The number of nitrogens with zero attached hydrogens (tertiary/aromatic N) is 1. The number of hydrogen-bond acceptors (Lipinski definition) is 5. The Balaban J connectivity index is 1.47. The van der Waals surface area contributed by atoms with Crippen molar-refractivity contribution in [2.24, 2.45) is 0 Å². The third kappa shape index (κ3) is 4.96. The Morgan fingerprint density at radius 2 is 1.72 bits per heavy atom. The molecule has 0 aliphatic rings. The molecule has 4 rings (SSSR count). The van der Waals surface area contributed by atoms with E-state index in [-0.39, 0.29) is 26.6 Å². The molecular formula is C21H16Cl2N4O4S. The first-order valence-electron chi connectivity index (χ1n) is 9.29. The van der Waals surface area contributed by atoms with Crippen molar-refractivity contribution < 1.29 is 17.4 Å². The maximum atomic E-state index is 12.6. The molecule has 2 amide bonds. The Morgan fingerprint density at radius 1 is 1.00 bits per heavy atom. The molecule has 0 bridgehead atoms. The van der Waals surface area contributed by atoms with Gasteiger partial charge in [0.25, 0.3) is 0 Å². The number of halogens is 2. The van der Waals surface area contributed by atoms with Gasteiger partial charge in [0.2, 0.25) is 5.95 Å². The molecule has 0 aliphatic carbocycles. The number of carbonyl (C=O) groups excluding carboxylic acids is 1. The number of carbonyl (C=O) groups is 1. The van der Waals surface area contributed by atoms with E-state index in [1.165, 1.54) is 30.3 Å². The number of aromatic nitrogens is 2. The number of hydrogen-bond donors (Lipinski definition) is 3. The van der Waals surface area contributed by atoms with Crippen molar-refractivity contribution in [2.45, 2.75) is 11.4 Å². The zero-order valence-electron chi connectivity index (χ0n) is 16.3. The Bertz CT molecular complexity index is 1370. The molecule has 32 heavy (non-hydrogen) atoms. The van der Waals surface area contributed by atoms with Crippen molar-refractivity contribution in [2.75, 3.05) is 5.32 Å². The maximum absolute atomic E-state index is 12.6. The molecule has 164 valence electrons. The quantitative estimate of drug-likeness (QED) is 0.330. The van der Waals surface area contributed by atoms with E-state index in [2.05, 4.69) is 20.6 Å². The van der Waals surface area contributed by atoms with Gasteiger partial charge in [0.05, 0.1) is 21.1 Å². The number of urea groups is 1. The largest absolute Gasteiger partial charge is 0.379 e. The Kier molecular flexibility index (Phi) is 6.22. The van der Waals surface area contributed by atoms with Gasteiger partial charge in [0.1, 0.15) is 10.6 Å². The fourth-order valence-electron chi connectivity index (χ4n) is 2.92. The molecule has 3 aromatic carbocycles. The molecule has 0 fully saturated rings. The van der Waals surface area contributed by atoms with Gasteiger partial charge >= 0.3 is 16.1 Å². The topological polar surface area (TPSA) is 113 Å². The van der Waals surface area contributed by atoms with Crippen LogP contribution < -0.4 is 14.8 Å². The minimum absolute atomic E-state index is 0.0252. The molecular weight excluding hydrogens is 475 g/mol. The first kappa shape index (κ1) is 21.9. The van der Waals surface area contributed by atoms with E-state index >= 15 is 0 Å². The number of aromatic amines is 1. The zero-order chi connectivity index (χ0) is 22.7. The van der Waals surface area contributed by atoms with Gasteiger partial charge < -0.3 is 14.5 Å². The molecule has 0 unspecified atom stereocenters. The lowest BCUT2D eigenvalue weighted by Crippen LogP contribution is -2.28. The van der Waals surface area contributed by atoms with E-state index in [4.69, 9.17) is 27.4 Å². The molecule has 0 saturated heterocycles. The second-order valence-electron chi connectivity index (χ2n) is 6.65. The highest BCUT2D eigenvalue weighted by Gasteiger charge is 2.24. The highest BCUT2D eigenvalue weighted by Crippen LogP contribution is 2.32. The maximum Gasteiger partial charge on any atom is 0.342 e. The molecule has 8 nitrogen and oxygen atoms in total. The minimum atomic E-state index is -4.27. The van der Waals surface area contributed by atoms with Crippen LogP contribution in [0.3, 0.4) is 0 Å². The normalized spacial score (nSPS) is 11.3. The molecule has 0 aliphatic heterocycles. The number of rotatable bonds is 6. The van der Waals surface area contributed by atoms with Gasteiger partial charge in [-0.05, 0) is 29.8 Å². The van der Waals surface area contributed by atoms with Crippen LogP contribution in [0.25, 0.3) is 11.0 Å². The molecule has 11 heteroatoms. The lowest BCUT2D eigenvalue weighted by molar-refractivity contribution is 0.251. The van der Waals surface area contributed by atoms with Gasteiger partial charge in [-0.2, -0.15) is 8.42 Å². The minimum Gasteiger partial charge on any atom is -0.379 e. The first-order chi connectivity index (χ1) is 15.3. The third-order valence-electron chi connectivity index (χ3n) is 4.36. The van der Waals surface area contributed by atoms with Crippen molar-refractivity contribution in [3.63, 3.8) is 0 Å². The van der Waals surface area contributed by atoms with Crippen LogP contribution in [-0.4, -0.2) is 24.4 Å². The molecule has 0 spiro atoms. The molecule has 0 saturated carbocycles. The molecule has 1 aromatic heterocycles. The van der Waals surface area contributed by atoms with Crippen molar-refractivity contribution in [1.29, 1.82) is 0 Å². The monoisotopic (exact) mass is 490 g/mol. The van der Waals surface area contributed by atoms with E-state index < -0.39 is 16.1 Å². The van der Waals surface area contributed by atoms with Crippen LogP contribution in [0.15, 0.2) is 71.6 Å². The average molecular weight is 491 g/mol. The predicted molar refractivity (Wildman–Crippen MR) is 123 cm³/mol. The Labute approximate surface area is 193 Å². The average Bonchev–Trinajstić information content (AvgIpc) is 3.13. The first-order valence-corrected chi connectivity index (χ1v) is 11.5. The summed E-state index contributed by atoms with van der Waals surface area (Å²) in [6.07, 6.45) is 0. The molecule has 1 heterocycles. The summed E-state index contributed by atoms with van der Waals surface area (Å²) < 4.78 is 30.5. The summed E-state index contributed by atoms with van der Waals surface area (Å²) in [4.78, 5) is 19.0. The molecule has 0 atom stereocenters. The number of nitrogens with one attached hydrogen (secondary N) is 3. The van der Waals surface area contributed by atoms with Crippen LogP contribution in [0.4, 0.5) is 10.7 Å². The van der Waals surface area contributed by atoms with Gasteiger partial charge in [0.15, 0.2) is 0 Å².